The van der Waals surface area contributed by atoms with Gasteiger partial charge in [0.1, 0.15) is 11.8 Å². The molecular weight excluding hydrogens is 388 g/mol. The molecule has 2 aromatic carbocycles. The topological polar surface area (TPSA) is 58.6 Å². The largest absolute Gasteiger partial charge is 0.484 e. The molecule has 0 saturated heterocycles. The average Bonchev–Trinajstić information content (AvgIpc) is 2.71. The lowest BCUT2D eigenvalue weighted by Gasteiger charge is -2.30. The van der Waals surface area contributed by atoms with Gasteiger partial charge in [-0.3, -0.25) is 9.59 Å². The number of aryl methyl sites for hydroxylation is 1. The standard InChI is InChI=1S/C23H29ClN2O3/c1-4-13-25-23(28)21(5-2)26(15-18-11-9-17(3)10-12-18)22(27)16-29-20-8-6-7-19(24)14-20/h6-12,14,21H,4-5,13,15-16H2,1-3H3,(H,25,28). The van der Waals surface area contributed by atoms with Gasteiger partial charge in [0.25, 0.3) is 5.91 Å². The molecule has 0 fully saturated rings. The van der Waals surface area contributed by atoms with E-state index in [1.54, 1.807) is 29.2 Å². The van der Waals surface area contributed by atoms with Crippen LogP contribution in [0.1, 0.15) is 37.8 Å². The Hall–Kier alpha value is -2.53. The molecule has 0 bridgehead atoms. The van der Waals surface area contributed by atoms with Crippen LogP contribution >= 0.6 is 11.6 Å². The van der Waals surface area contributed by atoms with E-state index in [4.69, 9.17) is 16.3 Å². The molecule has 1 atom stereocenters. The minimum Gasteiger partial charge on any atom is -0.484 e. The van der Waals surface area contributed by atoms with Crippen LogP contribution in [0.15, 0.2) is 48.5 Å². The molecular formula is C23H29ClN2O3. The van der Waals surface area contributed by atoms with Crippen molar-refractivity contribution in [1.82, 2.24) is 10.2 Å². The predicted octanol–water partition coefficient (Wildman–Crippen LogP) is 4.36. The Kier molecular flexibility index (Phi) is 9.00. The molecule has 0 aliphatic carbocycles. The molecule has 0 radical (unpaired) electrons. The lowest BCUT2D eigenvalue weighted by Crippen LogP contribution is -2.50. The summed E-state index contributed by atoms with van der Waals surface area (Å²) in [5.74, 6) is 0.131. The number of nitrogens with one attached hydrogen (secondary N) is 1. The van der Waals surface area contributed by atoms with Gasteiger partial charge in [-0.1, -0.05) is 61.3 Å². The van der Waals surface area contributed by atoms with E-state index in [0.717, 1.165) is 17.5 Å². The monoisotopic (exact) mass is 416 g/mol. The zero-order valence-corrected chi connectivity index (χ0v) is 18.0. The van der Waals surface area contributed by atoms with Gasteiger partial charge in [-0.15, -0.1) is 0 Å². The highest BCUT2D eigenvalue weighted by Gasteiger charge is 2.28. The second kappa shape index (κ2) is 11.5. The molecule has 0 aliphatic heterocycles. The molecule has 5 nitrogen and oxygen atoms in total. The fourth-order valence-electron chi connectivity index (χ4n) is 2.96. The number of amides is 2. The van der Waals surface area contributed by atoms with Crippen molar-refractivity contribution in [3.63, 3.8) is 0 Å². The second-order valence-electron chi connectivity index (χ2n) is 6.97. The van der Waals surface area contributed by atoms with Gasteiger partial charge in [0, 0.05) is 18.1 Å². The van der Waals surface area contributed by atoms with E-state index in [-0.39, 0.29) is 18.4 Å². The number of hydrogen-bond acceptors (Lipinski definition) is 3. The van der Waals surface area contributed by atoms with Crippen LogP contribution in [0.25, 0.3) is 0 Å². The van der Waals surface area contributed by atoms with E-state index in [9.17, 15) is 9.59 Å². The zero-order chi connectivity index (χ0) is 21.2. The number of benzene rings is 2. The van der Waals surface area contributed by atoms with Crippen molar-refractivity contribution < 1.29 is 14.3 Å². The molecule has 0 heterocycles. The first-order chi connectivity index (χ1) is 13.9. The fraction of sp³-hybridized carbons (Fsp3) is 0.391. The van der Waals surface area contributed by atoms with Gasteiger partial charge < -0.3 is 15.0 Å². The van der Waals surface area contributed by atoms with E-state index in [2.05, 4.69) is 5.32 Å². The van der Waals surface area contributed by atoms with Crippen molar-refractivity contribution in [2.24, 2.45) is 0 Å². The number of halogens is 1. The third-order valence-corrected chi connectivity index (χ3v) is 4.80. The van der Waals surface area contributed by atoms with E-state index in [0.29, 0.717) is 30.3 Å². The third-order valence-electron chi connectivity index (χ3n) is 4.57. The van der Waals surface area contributed by atoms with Crippen LogP contribution in [0.3, 0.4) is 0 Å². The minimum atomic E-state index is -0.557. The average molecular weight is 417 g/mol. The smallest absolute Gasteiger partial charge is 0.261 e. The first kappa shape index (κ1) is 22.8. The molecule has 2 aromatic rings. The van der Waals surface area contributed by atoms with Gasteiger partial charge in [-0.25, -0.2) is 0 Å². The number of carbonyl (C=O) groups excluding carboxylic acids is 2. The van der Waals surface area contributed by atoms with Crippen LogP contribution in [0, 0.1) is 6.92 Å². The lowest BCUT2D eigenvalue weighted by atomic mass is 10.1. The molecule has 2 amide bonds. The SMILES string of the molecule is CCCNC(=O)C(CC)N(Cc1ccc(C)cc1)C(=O)COc1cccc(Cl)c1. The van der Waals surface area contributed by atoms with E-state index in [1.165, 1.54) is 0 Å². The summed E-state index contributed by atoms with van der Waals surface area (Å²) in [5, 5.41) is 3.44. The predicted molar refractivity (Wildman–Crippen MR) is 116 cm³/mol. The van der Waals surface area contributed by atoms with Gasteiger partial charge >= 0.3 is 0 Å². The number of hydrogen-bond donors (Lipinski definition) is 1. The Morgan fingerprint density at radius 2 is 1.86 bits per heavy atom. The summed E-state index contributed by atoms with van der Waals surface area (Å²) < 4.78 is 5.63. The van der Waals surface area contributed by atoms with Gasteiger partial charge in [-0.2, -0.15) is 0 Å². The number of carbonyl (C=O) groups is 2. The Morgan fingerprint density at radius 3 is 2.48 bits per heavy atom. The fourth-order valence-corrected chi connectivity index (χ4v) is 3.14. The third kappa shape index (κ3) is 7.09. The molecule has 29 heavy (non-hydrogen) atoms. The molecule has 0 aromatic heterocycles. The van der Waals surface area contributed by atoms with Crippen LogP contribution in [0.4, 0.5) is 0 Å². The van der Waals surface area contributed by atoms with Crippen LogP contribution < -0.4 is 10.1 Å². The maximum absolute atomic E-state index is 13.0. The van der Waals surface area contributed by atoms with E-state index >= 15 is 0 Å². The molecule has 6 heteroatoms. The van der Waals surface area contributed by atoms with Crippen LogP contribution in [0.2, 0.25) is 5.02 Å². The molecule has 2 rings (SSSR count). The first-order valence-corrected chi connectivity index (χ1v) is 10.3. The normalized spacial score (nSPS) is 11.6. The Morgan fingerprint density at radius 1 is 1.14 bits per heavy atom. The summed E-state index contributed by atoms with van der Waals surface area (Å²) in [4.78, 5) is 27.3. The van der Waals surface area contributed by atoms with Crippen molar-refractivity contribution >= 4 is 23.4 Å². The summed E-state index contributed by atoms with van der Waals surface area (Å²) in [6.07, 6.45) is 1.36. The van der Waals surface area contributed by atoms with E-state index < -0.39 is 6.04 Å². The van der Waals surface area contributed by atoms with Crippen molar-refractivity contribution in [2.45, 2.75) is 46.2 Å². The molecule has 0 spiro atoms. The molecule has 156 valence electrons. The quantitative estimate of drug-likeness (QED) is 0.626. The highest BCUT2D eigenvalue weighted by Crippen LogP contribution is 2.18. The maximum atomic E-state index is 13.0. The van der Waals surface area contributed by atoms with Crippen molar-refractivity contribution in [2.75, 3.05) is 13.2 Å². The first-order valence-electron chi connectivity index (χ1n) is 9.95. The lowest BCUT2D eigenvalue weighted by molar-refractivity contribution is -0.143. The molecule has 0 aliphatic rings. The highest BCUT2D eigenvalue weighted by atomic mass is 35.5. The van der Waals surface area contributed by atoms with Crippen molar-refractivity contribution in [3.05, 3.63) is 64.7 Å². The van der Waals surface area contributed by atoms with Crippen molar-refractivity contribution in [1.29, 1.82) is 0 Å². The minimum absolute atomic E-state index is 0.141. The van der Waals surface area contributed by atoms with Gasteiger partial charge in [0.15, 0.2) is 6.61 Å². The van der Waals surface area contributed by atoms with Gasteiger partial charge in [0.2, 0.25) is 5.91 Å². The van der Waals surface area contributed by atoms with Crippen LogP contribution in [-0.4, -0.2) is 35.9 Å². The summed E-state index contributed by atoms with van der Waals surface area (Å²) >= 11 is 5.98. The highest BCUT2D eigenvalue weighted by molar-refractivity contribution is 6.30. The maximum Gasteiger partial charge on any atom is 0.261 e. The van der Waals surface area contributed by atoms with Crippen molar-refractivity contribution in [3.8, 4) is 5.75 Å². The summed E-state index contributed by atoms with van der Waals surface area (Å²) in [6, 6.07) is 14.3. The molecule has 1 N–H and O–H groups in total. The Labute approximate surface area is 178 Å². The second-order valence-corrected chi connectivity index (χ2v) is 7.40. The summed E-state index contributed by atoms with van der Waals surface area (Å²) in [6.45, 7) is 6.68. The summed E-state index contributed by atoms with van der Waals surface area (Å²) in [7, 11) is 0. The number of nitrogens with zero attached hydrogens (tertiary/aromatic N) is 1. The molecule has 0 saturated carbocycles. The Bertz CT molecular complexity index is 808. The molecule has 1 unspecified atom stereocenters. The number of rotatable bonds is 10. The van der Waals surface area contributed by atoms with Gasteiger partial charge in [0.05, 0.1) is 0 Å². The van der Waals surface area contributed by atoms with Crippen LogP contribution in [0.5, 0.6) is 5.75 Å². The number of ether oxygens (including phenoxy) is 1. The zero-order valence-electron chi connectivity index (χ0n) is 17.3. The summed E-state index contributed by atoms with van der Waals surface area (Å²) in [5.41, 5.74) is 2.11. The van der Waals surface area contributed by atoms with E-state index in [1.807, 2.05) is 45.0 Å². The van der Waals surface area contributed by atoms with Gasteiger partial charge in [-0.05, 0) is 43.5 Å². The van der Waals surface area contributed by atoms with Crippen LogP contribution in [-0.2, 0) is 16.1 Å². The Balaban J connectivity index is 2.17.